The molecule has 0 atom stereocenters. The van der Waals surface area contributed by atoms with Gasteiger partial charge in [-0.25, -0.2) is 4.39 Å². The smallest absolute Gasteiger partial charge is 0.182 e. The first-order chi connectivity index (χ1) is 9.49. The second kappa shape index (κ2) is 4.82. The molecule has 0 amide bonds. The number of rotatable bonds is 1. The molecule has 0 bridgehead atoms. The highest BCUT2D eigenvalue weighted by molar-refractivity contribution is 9.10. The van der Waals surface area contributed by atoms with E-state index in [9.17, 15) is 4.39 Å². The van der Waals surface area contributed by atoms with Gasteiger partial charge in [-0.05, 0) is 61.5 Å². The van der Waals surface area contributed by atoms with Gasteiger partial charge in [0, 0.05) is 4.47 Å². The van der Waals surface area contributed by atoms with Crippen molar-refractivity contribution >= 4 is 39.2 Å². The zero-order chi connectivity index (χ0) is 14.4. The molecule has 3 aromatic rings. The number of imidazole rings is 1. The van der Waals surface area contributed by atoms with Crippen molar-refractivity contribution in [1.29, 1.82) is 0 Å². The summed E-state index contributed by atoms with van der Waals surface area (Å²) < 4.78 is 17.3. The molecule has 0 aliphatic rings. The summed E-state index contributed by atoms with van der Waals surface area (Å²) >= 11 is 8.86. The molecular weight excluding hydrogens is 339 g/mol. The predicted molar refractivity (Wildman–Crippen MR) is 85.6 cm³/mol. The lowest BCUT2D eigenvalue weighted by atomic mass is 10.1. The van der Waals surface area contributed by atoms with Crippen molar-refractivity contribution in [2.24, 2.45) is 0 Å². The second-order valence-corrected chi connectivity index (χ2v) is 6.09. The van der Waals surface area contributed by atoms with Crippen LogP contribution in [0.5, 0.6) is 0 Å². The van der Waals surface area contributed by atoms with Gasteiger partial charge in [0.05, 0.1) is 11.2 Å². The monoisotopic (exact) mass is 350 g/mol. The topological polar surface area (TPSA) is 20.7 Å². The number of hydrogen-bond donors (Lipinski definition) is 1. The van der Waals surface area contributed by atoms with Crippen molar-refractivity contribution in [3.05, 3.63) is 56.5 Å². The van der Waals surface area contributed by atoms with Gasteiger partial charge in [0.25, 0.3) is 0 Å². The molecule has 0 unspecified atom stereocenters. The molecule has 0 aliphatic carbocycles. The molecule has 1 heterocycles. The summed E-state index contributed by atoms with van der Waals surface area (Å²) in [6.45, 7) is 4.04. The lowest BCUT2D eigenvalue weighted by molar-refractivity contribution is 0.637. The van der Waals surface area contributed by atoms with Crippen LogP contribution in [0.3, 0.4) is 0 Å². The quantitative estimate of drug-likeness (QED) is 0.597. The third-order valence-corrected chi connectivity index (χ3v) is 4.09. The Labute approximate surface area is 129 Å². The molecule has 0 aliphatic heterocycles. The van der Waals surface area contributed by atoms with Crippen molar-refractivity contribution in [2.45, 2.75) is 13.8 Å². The van der Waals surface area contributed by atoms with E-state index < -0.39 is 0 Å². The minimum atomic E-state index is -0.292. The molecule has 3 rings (SSSR count). The molecule has 2 aromatic carbocycles. The third kappa shape index (κ3) is 2.01. The summed E-state index contributed by atoms with van der Waals surface area (Å²) in [5, 5.41) is 0. The highest BCUT2D eigenvalue weighted by Gasteiger charge is 2.13. The number of nitrogens with one attached hydrogen (secondary N) is 1. The van der Waals surface area contributed by atoms with E-state index in [1.165, 1.54) is 6.07 Å². The number of fused-ring (bicyclic) bond motifs is 1. The van der Waals surface area contributed by atoms with Gasteiger partial charge < -0.3 is 4.98 Å². The molecule has 20 heavy (non-hydrogen) atoms. The Morgan fingerprint density at radius 1 is 1.20 bits per heavy atom. The molecule has 2 nitrogen and oxygen atoms in total. The maximum absolute atomic E-state index is 13.9. The molecule has 102 valence electrons. The van der Waals surface area contributed by atoms with E-state index in [1.54, 1.807) is 6.07 Å². The van der Waals surface area contributed by atoms with Gasteiger partial charge in [-0.2, -0.15) is 0 Å². The van der Waals surface area contributed by atoms with E-state index in [-0.39, 0.29) is 5.82 Å². The first kappa shape index (κ1) is 13.5. The molecule has 0 saturated heterocycles. The van der Waals surface area contributed by atoms with Crippen LogP contribution < -0.4 is 0 Å². The first-order valence-corrected chi connectivity index (χ1v) is 7.35. The maximum atomic E-state index is 13.9. The number of aromatic nitrogens is 2. The fourth-order valence-corrected chi connectivity index (χ4v) is 3.55. The van der Waals surface area contributed by atoms with Gasteiger partial charge in [-0.3, -0.25) is 4.57 Å². The maximum Gasteiger partial charge on any atom is 0.182 e. The number of halogens is 2. The minimum Gasteiger partial charge on any atom is -0.328 e. The number of benzene rings is 2. The lowest BCUT2D eigenvalue weighted by Gasteiger charge is -2.12. The Kier molecular flexibility index (Phi) is 3.26. The van der Waals surface area contributed by atoms with E-state index in [0.29, 0.717) is 10.3 Å². The Hall–Kier alpha value is -1.46. The second-order valence-electron chi connectivity index (χ2n) is 4.79. The lowest BCUT2D eigenvalue weighted by Crippen LogP contribution is -2.00. The zero-order valence-corrected chi connectivity index (χ0v) is 13.4. The Balaban J connectivity index is 2.45. The summed E-state index contributed by atoms with van der Waals surface area (Å²) in [5.41, 5.74) is 4.36. The van der Waals surface area contributed by atoms with Crippen LogP contribution in [0.25, 0.3) is 16.7 Å². The molecule has 0 spiro atoms. The van der Waals surface area contributed by atoms with Gasteiger partial charge in [-0.15, -0.1) is 0 Å². The normalized spacial score (nSPS) is 11.2. The van der Waals surface area contributed by atoms with Crippen molar-refractivity contribution < 1.29 is 4.39 Å². The van der Waals surface area contributed by atoms with Crippen molar-refractivity contribution in [2.75, 3.05) is 0 Å². The number of aromatic amines is 1. The standard InChI is InChI=1S/C15H12BrFN2S/c1-8-6-10(16)7-9(2)14(8)19-12-5-3-4-11(17)13(12)18-15(19)20/h3-7H,1-2H3,(H,18,20). The van der Waals surface area contributed by atoms with Crippen LogP contribution in [0.15, 0.2) is 34.8 Å². The molecular formula is C15H12BrFN2S. The van der Waals surface area contributed by atoms with Gasteiger partial charge in [-0.1, -0.05) is 22.0 Å². The number of para-hydroxylation sites is 1. The summed E-state index contributed by atoms with van der Waals surface area (Å²) in [5.74, 6) is -0.292. The average Bonchev–Trinajstić information content (AvgIpc) is 2.67. The number of H-pyrrole nitrogens is 1. The van der Waals surface area contributed by atoms with Crippen LogP contribution in [0.4, 0.5) is 4.39 Å². The van der Waals surface area contributed by atoms with Crippen LogP contribution in [-0.2, 0) is 0 Å². The van der Waals surface area contributed by atoms with E-state index >= 15 is 0 Å². The summed E-state index contributed by atoms with van der Waals surface area (Å²) in [6.07, 6.45) is 0. The largest absolute Gasteiger partial charge is 0.328 e. The van der Waals surface area contributed by atoms with Crippen molar-refractivity contribution in [1.82, 2.24) is 9.55 Å². The molecule has 5 heteroatoms. The fourth-order valence-electron chi connectivity index (χ4n) is 2.57. The number of hydrogen-bond acceptors (Lipinski definition) is 1. The van der Waals surface area contributed by atoms with Crippen LogP contribution >= 0.6 is 28.1 Å². The summed E-state index contributed by atoms with van der Waals surface area (Å²) in [4.78, 5) is 2.95. The Morgan fingerprint density at radius 3 is 2.50 bits per heavy atom. The van der Waals surface area contributed by atoms with E-state index in [2.05, 4.69) is 20.9 Å². The zero-order valence-electron chi connectivity index (χ0n) is 11.0. The highest BCUT2D eigenvalue weighted by Crippen LogP contribution is 2.28. The summed E-state index contributed by atoms with van der Waals surface area (Å²) in [7, 11) is 0. The van der Waals surface area contributed by atoms with Gasteiger partial charge in [0.15, 0.2) is 4.77 Å². The summed E-state index contributed by atoms with van der Waals surface area (Å²) in [6, 6.07) is 9.05. The minimum absolute atomic E-state index is 0.292. The van der Waals surface area contributed by atoms with Crippen LogP contribution in [0, 0.1) is 24.4 Å². The Morgan fingerprint density at radius 2 is 1.85 bits per heavy atom. The van der Waals surface area contributed by atoms with E-state index in [4.69, 9.17) is 12.2 Å². The van der Waals surface area contributed by atoms with Gasteiger partial charge in [0.2, 0.25) is 0 Å². The van der Waals surface area contributed by atoms with Gasteiger partial charge >= 0.3 is 0 Å². The molecule has 1 N–H and O–H groups in total. The molecule has 1 aromatic heterocycles. The van der Waals surface area contributed by atoms with Crippen molar-refractivity contribution in [3.63, 3.8) is 0 Å². The van der Waals surface area contributed by atoms with Gasteiger partial charge in [0.1, 0.15) is 11.3 Å². The SMILES string of the molecule is Cc1cc(Br)cc(C)c1-n1c(=S)[nH]c2c(F)cccc21. The molecule has 0 radical (unpaired) electrons. The predicted octanol–water partition coefficient (Wildman–Crippen LogP) is 5.21. The van der Waals surface area contributed by atoms with Crippen molar-refractivity contribution in [3.8, 4) is 5.69 Å². The number of nitrogens with zero attached hydrogens (tertiary/aromatic N) is 1. The number of aryl methyl sites for hydroxylation is 2. The molecule has 0 saturated carbocycles. The first-order valence-electron chi connectivity index (χ1n) is 6.15. The molecule has 0 fully saturated rings. The highest BCUT2D eigenvalue weighted by atomic mass is 79.9. The van der Waals surface area contributed by atoms with Crippen LogP contribution in [0.1, 0.15) is 11.1 Å². The van der Waals surface area contributed by atoms with Crippen LogP contribution in [0.2, 0.25) is 0 Å². The average molecular weight is 351 g/mol. The van der Waals surface area contributed by atoms with Crippen LogP contribution in [-0.4, -0.2) is 9.55 Å². The Bertz CT molecular complexity index is 856. The van der Waals surface area contributed by atoms with E-state index in [0.717, 1.165) is 26.8 Å². The van der Waals surface area contributed by atoms with E-state index in [1.807, 2.05) is 36.6 Å². The third-order valence-electron chi connectivity index (χ3n) is 3.35. The fraction of sp³-hybridized carbons (Fsp3) is 0.133.